The minimum absolute atomic E-state index is 0.344. The summed E-state index contributed by atoms with van der Waals surface area (Å²) >= 11 is 3.60. The van der Waals surface area contributed by atoms with Crippen LogP contribution in [0, 0.1) is 0 Å². The highest BCUT2D eigenvalue weighted by Crippen LogP contribution is 1.76. The lowest BCUT2D eigenvalue weighted by molar-refractivity contribution is -0.119. The molecule has 0 aliphatic heterocycles. The van der Waals surface area contributed by atoms with E-state index in [-0.39, 0.29) is 6.04 Å². The Kier molecular flexibility index (Phi) is 2.78. The Morgan fingerprint density at radius 2 is 2.43 bits per heavy atom. The smallest absolute Gasteiger partial charge is 0.235 e. The minimum atomic E-state index is -0.394. The molecule has 0 unspecified atom stereocenters. The maximum absolute atomic E-state index is 10.0. The number of nitrogens with one attached hydrogen (secondary N) is 1. The molecule has 0 aliphatic carbocycles. The molecule has 0 aromatic rings. The van der Waals surface area contributed by atoms with Crippen molar-refractivity contribution in [2.24, 2.45) is 5.73 Å². The van der Waals surface area contributed by atoms with Crippen LogP contribution in [0.15, 0.2) is 0 Å². The van der Waals surface area contributed by atoms with E-state index in [4.69, 9.17) is 5.73 Å². The molecule has 0 saturated heterocycles. The Hall–Kier alpha value is -0.220. The fraction of sp³-hybridized carbons (Fsp3) is 0.667. The Labute approximate surface area is 47.8 Å². The van der Waals surface area contributed by atoms with Crippen molar-refractivity contribution >= 4 is 18.7 Å². The molecular weight excluding hydrogens is 112 g/mol. The number of primary amides is 1. The van der Waals surface area contributed by atoms with E-state index in [1.165, 1.54) is 0 Å². The van der Waals surface area contributed by atoms with Crippen LogP contribution in [0.5, 0.6) is 0 Å². The number of thiol groups is 1. The van der Waals surface area contributed by atoms with Crippen molar-refractivity contribution in [3.8, 4) is 0 Å². The molecule has 7 heavy (non-hydrogen) atoms. The molecule has 0 aromatic carbocycles. The standard InChI is InChI=1S/C3H8N2OS/c1-2(5-7)3(4)6/h2,5,7H,1H3,(H2,4,6)/t2-/m0/s1. The van der Waals surface area contributed by atoms with Gasteiger partial charge in [-0.3, -0.25) is 9.52 Å². The Balaban J connectivity index is 3.34. The maximum atomic E-state index is 10.0. The number of carbonyl (C=O) groups excluding carboxylic acids is 1. The van der Waals surface area contributed by atoms with E-state index < -0.39 is 5.91 Å². The van der Waals surface area contributed by atoms with Crippen molar-refractivity contribution in [3.63, 3.8) is 0 Å². The molecule has 0 rings (SSSR count). The van der Waals surface area contributed by atoms with Crippen molar-refractivity contribution in [1.82, 2.24) is 4.72 Å². The zero-order chi connectivity index (χ0) is 5.86. The zero-order valence-corrected chi connectivity index (χ0v) is 4.90. The molecule has 42 valence electrons. The number of nitrogens with two attached hydrogens (primary N) is 1. The monoisotopic (exact) mass is 120 g/mol. The molecule has 0 fully saturated rings. The highest BCUT2D eigenvalue weighted by atomic mass is 32.1. The summed E-state index contributed by atoms with van der Waals surface area (Å²) in [6.07, 6.45) is 0. The Morgan fingerprint density at radius 3 is 2.43 bits per heavy atom. The van der Waals surface area contributed by atoms with Crippen molar-refractivity contribution in [2.45, 2.75) is 13.0 Å². The van der Waals surface area contributed by atoms with Gasteiger partial charge in [-0.15, -0.1) is 0 Å². The Morgan fingerprint density at radius 1 is 2.00 bits per heavy atom. The maximum Gasteiger partial charge on any atom is 0.235 e. The first-order chi connectivity index (χ1) is 3.18. The van der Waals surface area contributed by atoms with Crippen LogP contribution in [0.2, 0.25) is 0 Å². The SMILES string of the molecule is C[C@H](NS)C(N)=O. The van der Waals surface area contributed by atoms with E-state index in [9.17, 15) is 4.79 Å². The average molecular weight is 120 g/mol. The zero-order valence-electron chi connectivity index (χ0n) is 4.01. The van der Waals surface area contributed by atoms with E-state index >= 15 is 0 Å². The van der Waals surface area contributed by atoms with E-state index in [0.29, 0.717) is 0 Å². The lowest BCUT2D eigenvalue weighted by Crippen LogP contribution is -2.33. The molecular formula is C3H8N2OS. The van der Waals surface area contributed by atoms with Gasteiger partial charge in [-0.2, -0.15) is 0 Å². The quantitative estimate of drug-likeness (QED) is 0.422. The predicted molar refractivity (Wildman–Crippen MR) is 30.8 cm³/mol. The van der Waals surface area contributed by atoms with Crippen LogP contribution in [0.4, 0.5) is 0 Å². The van der Waals surface area contributed by atoms with Crippen LogP contribution >= 0.6 is 12.8 Å². The van der Waals surface area contributed by atoms with Crippen LogP contribution in [-0.4, -0.2) is 11.9 Å². The summed E-state index contributed by atoms with van der Waals surface area (Å²) in [5.41, 5.74) is 4.80. The van der Waals surface area contributed by atoms with Crippen molar-refractivity contribution in [1.29, 1.82) is 0 Å². The van der Waals surface area contributed by atoms with E-state index in [2.05, 4.69) is 17.5 Å². The third-order valence-electron chi connectivity index (χ3n) is 0.620. The minimum Gasteiger partial charge on any atom is -0.368 e. The second-order valence-electron chi connectivity index (χ2n) is 1.25. The second-order valence-corrected chi connectivity index (χ2v) is 1.51. The number of amides is 1. The molecule has 3 nitrogen and oxygen atoms in total. The number of hydrogen-bond acceptors (Lipinski definition) is 3. The predicted octanol–water partition coefficient (Wildman–Crippen LogP) is -0.705. The van der Waals surface area contributed by atoms with Gasteiger partial charge in [-0.25, -0.2) is 0 Å². The van der Waals surface area contributed by atoms with Gasteiger partial charge in [0.1, 0.15) is 0 Å². The van der Waals surface area contributed by atoms with Crippen molar-refractivity contribution in [3.05, 3.63) is 0 Å². The molecule has 1 atom stereocenters. The third kappa shape index (κ3) is 2.47. The first kappa shape index (κ1) is 6.78. The topological polar surface area (TPSA) is 55.1 Å². The summed E-state index contributed by atoms with van der Waals surface area (Å²) in [6.45, 7) is 1.63. The molecule has 3 N–H and O–H groups in total. The number of hydrogen-bond donors (Lipinski definition) is 3. The normalized spacial score (nSPS) is 13.4. The van der Waals surface area contributed by atoms with E-state index in [1.807, 2.05) is 0 Å². The number of rotatable bonds is 2. The summed E-state index contributed by atoms with van der Waals surface area (Å²) in [5, 5.41) is 0. The summed E-state index contributed by atoms with van der Waals surface area (Å²) in [4.78, 5) is 10.0. The van der Waals surface area contributed by atoms with Gasteiger partial charge < -0.3 is 5.73 Å². The van der Waals surface area contributed by atoms with Crippen LogP contribution in [-0.2, 0) is 4.79 Å². The molecule has 0 aromatic heterocycles. The summed E-state index contributed by atoms with van der Waals surface area (Å²) in [7, 11) is 0. The van der Waals surface area contributed by atoms with Gasteiger partial charge in [0.25, 0.3) is 0 Å². The van der Waals surface area contributed by atoms with Crippen molar-refractivity contribution in [2.75, 3.05) is 0 Å². The Bertz CT molecular complexity index is 75.3. The highest BCUT2D eigenvalue weighted by molar-refractivity contribution is 7.78. The molecule has 1 amide bonds. The molecule has 0 heterocycles. The first-order valence-corrected chi connectivity index (χ1v) is 2.32. The van der Waals surface area contributed by atoms with Gasteiger partial charge in [0, 0.05) is 0 Å². The van der Waals surface area contributed by atoms with E-state index in [1.54, 1.807) is 6.92 Å². The fourth-order valence-electron chi connectivity index (χ4n) is 0.0636. The molecule has 0 spiro atoms. The molecule has 4 heteroatoms. The molecule has 0 radical (unpaired) electrons. The summed E-state index contributed by atoms with van der Waals surface area (Å²) in [6, 6.07) is -0.344. The van der Waals surface area contributed by atoms with Gasteiger partial charge in [0.2, 0.25) is 5.91 Å². The van der Waals surface area contributed by atoms with Crippen LogP contribution in [0.1, 0.15) is 6.92 Å². The van der Waals surface area contributed by atoms with Gasteiger partial charge >= 0.3 is 0 Å². The summed E-state index contributed by atoms with van der Waals surface area (Å²) < 4.78 is 2.38. The third-order valence-corrected chi connectivity index (χ3v) is 1.01. The average Bonchev–Trinajstić information content (AvgIpc) is 1.65. The largest absolute Gasteiger partial charge is 0.368 e. The van der Waals surface area contributed by atoms with Gasteiger partial charge in [-0.1, -0.05) is 12.8 Å². The summed E-state index contributed by atoms with van der Waals surface area (Å²) in [5.74, 6) is -0.394. The lowest BCUT2D eigenvalue weighted by atomic mass is 10.4. The van der Waals surface area contributed by atoms with E-state index in [0.717, 1.165) is 0 Å². The van der Waals surface area contributed by atoms with Crippen molar-refractivity contribution < 1.29 is 4.79 Å². The lowest BCUT2D eigenvalue weighted by Gasteiger charge is -2.00. The van der Waals surface area contributed by atoms with Crippen LogP contribution in [0.25, 0.3) is 0 Å². The molecule has 0 saturated carbocycles. The van der Waals surface area contributed by atoms with Gasteiger partial charge in [0.05, 0.1) is 6.04 Å². The van der Waals surface area contributed by atoms with Crippen LogP contribution in [0.3, 0.4) is 0 Å². The molecule has 0 aliphatic rings. The number of carbonyl (C=O) groups is 1. The highest BCUT2D eigenvalue weighted by Gasteiger charge is 2.02. The van der Waals surface area contributed by atoms with Gasteiger partial charge in [0.15, 0.2) is 0 Å². The van der Waals surface area contributed by atoms with Crippen LogP contribution < -0.4 is 10.5 Å². The fourth-order valence-corrected chi connectivity index (χ4v) is 0.191. The first-order valence-electron chi connectivity index (χ1n) is 1.87. The van der Waals surface area contributed by atoms with Gasteiger partial charge in [-0.05, 0) is 6.92 Å². The second kappa shape index (κ2) is 2.87. The molecule has 0 bridgehead atoms.